The van der Waals surface area contributed by atoms with Crippen molar-refractivity contribution in [2.45, 2.75) is 12.5 Å². The van der Waals surface area contributed by atoms with Crippen molar-refractivity contribution < 1.29 is 14.6 Å². The van der Waals surface area contributed by atoms with Gasteiger partial charge in [-0.2, -0.15) is 0 Å². The molecule has 0 spiro atoms. The molecule has 1 atom stereocenters. The minimum atomic E-state index is -0.0399. The SMILES string of the molecule is C=C1CC2CNc3cc(O)c(OC)cc3C(=O)N2C1. The van der Waals surface area contributed by atoms with Crippen LogP contribution in [0, 0.1) is 0 Å². The number of benzene rings is 1. The lowest BCUT2D eigenvalue weighted by atomic mass is 10.1. The number of hydrogen-bond donors (Lipinski definition) is 2. The van der Waals surface area contributed by atoms with Crippen LogP contribution in [0.25, 0.3) is 0 Å². The maximum Gasteiger partial charge on any atom is 0.256 e. The molecule has 2 aliphatic rings. The number of carbonyl (C=O) groups is 1. The highest BCUT2D eigenvalue weighted by Crippen LogP contribution is 2.36. The van der Waals surface area contributed by atoms with Gasteiger partial charge in [0.1, 0.15) is 0 Å². The summed E-state index contributed by atoms with van der Waals surface area (Å²) in [5.41, 5.74) is 2.27. The van der Waals surface area contributed by atoms with E-state index in [1.165, 1.54) is 7.11 Å². The summed E-state index contributed by atoms with van der Waals surface area (Å²) in [7, 11) is 1.47. The third-order valence-corrected chi connectivity index (χ3v) is 3.70. The molecule has 19 heavy (non-hydrogen) atoms. The van der Waals surface area contributed by atoms with E-state index in [0.717, 1.165) is 12.0 Å². The first-order valence-corrected chi connectivity index (χ1v) is 6.22. The van der Waals surface area contributed by atoms with Gasteiger partial charge in [-0.25, -0.2) is 0 Å². The number of rotatable bonds is 1. The van der Waals surface area contributed by atoms with E-state index in [1.54, 1.807) is 12.1 Å². The van der Waals surface area contributed by atoms with Crippen LogP contribution in [-0.4, -0.2) is 42.2 Å². The first kappa shape index (κ1) is 11.9. The molecule has 0 aromatic heterocycles. The first-order valence-electron chi connectivity index (χ1n) is 6.22. The zero-order chi connectivity index (χ0) is 13.6. The maximum atomic E-state index is 12.6. The second-order valence-electron chi connectivity index (χ2n) is 4.99. The Balaban J connectivity index is 2.06. The van der Waals surface area contributed by atoms with E-state index in [0.29, 0.717) is 30.1 Å². The molecule has 1 unspecified atom stereocenters. The Labute approximate surface area is 111 Å². The molecule has 100 valence electrons. The molecule has 0 bridgehead atoms. The first-order chi connectivity index (χ1) is 9.10. The standard InChI is InChI=1S/C14H16N2O3/c1-8-3-9-6-15-11-5-12(17)13(19-2)4-10(11)14(18)16(9)7-8/h4-5,9,15,17H,1,3,6-7H2,2H3. The average molecular weight is 260 g/mol. The van der Waals surface area contributed by atoms with Crippen LogP contribution in [0.2, 0.25) is 0 Å². The van der Waals surface area contributed by atoms with Gasteiger partial charge in [0, 0.05) is 19.2 Å². The molecule has 2 aliphatic heterocycles. The number of phenols is 1. The minimum Gasteiger partial charge on any atom is -0.504 e. The van der Waals surface area contributed by atoms with Gasteiger partial charge in [-0.05, 0) is 12.5 Å². The average Bonchev–Trinajstić information content (AvgIpc) is 2.71. The number of nitrogens with zero attached hydrogens (tertiary/aromatic N) is 1. The third-order valence-electron chi connectivity index (χ3n) is 3.70. The van der Waals surface area contributed by atoms with Crippen molar-refractivity contribution in [3.05, 3.63) is 29.8 Å². The van der Waals surface area contributed by atoms with Gasteiger partial charge in [0.05, 0.1) is 24.4 Å². The molecule has 2 N–H and O–H groups in total. The van der Waals surface area contributed by atoms with Crippen LogP contribution < -0.4 is 10.1 Å². The normalized spacial score (nSPS) is 21.5. The van der Waals surface area contributed by atoms with Gasteiger partial charge in [-0.3, -0.25) is 4.79 Å². The number of carbonyl (C=O) groups excluding carboxylic acids is 1. The fourth-order valence-electron chi connectivity index (χ4n) is 2.74. The number of nitrogens with one attached hydrogen (secondary N) is 1. The van der Waals surface area contributed by atoms with Crippen molar-refractivity contribution in [3.63, 3.8) is 0 Å². The van der Waals surface area contributed by atoms with Gasteiger partial charge < -0.3 is 20.1 Å². The lowest BCUT2D eigenvalue weighted by Gasteiger charge is -2.20. The summed E-state index contributed by atoms with van der Waals surface area (Å²) in [6.45, 7) is 5.24. The van der Waals surface area contributed by atoms with Crippen LogP contribution >= 0.6 is 0 Å². The predicted octanol–water partition coefficient (Wildman–Crippen LogP) is 1.60. The van der Waals surface area contributed by atoms with Crippen LogP contribution in [0.1, 0.15) is 16.8 Å². The van der Waals surface area contributed by atoms with Gasteiger partial charge in [0.2, 0.25) is 0 Å². The maximum absolute atomic E-state index is 12.6. The van der Waals surface area contributed by atoms with Gasteiger partial charge in [-0.15, -0.1) is 0 Å². The van der Waals surface area contributed by atoms with E-state index < -0.39 is 0 Å². The van der Waals surface area contributed by atoms with Crippen molar-refractivity contribution in [1.29, 1.82) is 0 Å². The van der Waals surface area contributed by atoms with E-state index in [1.807, 2.05) is 4.90 Å². The zero-order valence-electron chi connectivity index (χ0n) is 10.8. The summed E-state index contributed by atoms with van der Waals surface area (Å²) in [5, 5.41) is 13.0. The quantitative estimate of drug-likeness (QED) is 0.753. The molecule has 0 radical (unpaired) electrons. The number of fused-ring (bicyclic) bond motifs is 2. The van der Waals surface area contributed by atoms with E-state index in [4.69, 9.17) is 4.74 Å². The monoisotopic (exact) mass is 260 g/mol. The molecule has 1 saturated heterocycles. The highest BCUT2D eigenvalue weighted by Gasteiger charge is 2.35. The number of anilines is 1. The number of hydrogen-bond acceptors (Lipinski definition) is 4. The topological polar surface area (TPSA) is 61.8 Å². The largest absolute Gasteiger partial charge is 0.504 e. The van der Waals surface area contributed by atoms with Crippen LogP contribution in [0.4, 0.5) is 5.69 Å². The summed E-state index contributed by atoms with van der Waals surface area (Å²) >= 11 is 0. The summed E-state index contributed by atoms with van der Waals surface area (Å²) in [5.74, 6) is 0.306. The Morgan fingerprint density at radius 3 is 3.05 bits per heavy atom. The van der Waals surface area contributed by atoms with E-state index in [9.17, 15) is 9.90 Å². The van der Waals surface area contributed by atoms with Crippen molar-refractivity contribution in [1.82, 2.24) is 4.90 Å². The molecular weight excluding hydrogens is 244 g/mol. The van der Waals surface area contributed by atoms with Crippen molar-refractivity contribution in [2.24, 2.45) is 0 Å². The molecule has 5 heteroatoms. The summed E-state index contributed by atoms with van der Waals surface area (Å²) < 4.78 is 5.07. The fourth-order valence-corrected chi connectivity index (χ4v) is 2.74. The Kier molecular flexibility index (Phi) is 2.62. The molecule has 3 rings (SSSR count). The molecule has 2 heterocycles. The Hall–Kier alpha value is -2.17. The lowest BCUT2D eigenvalue weighted by molar-refractivity contribution is 0.0752. The molecule has 0 aliphatic carbocycles. The Bertz CT molecular complexity index is 568. The van der Waals surface area contributed by atoms with E-state index in [-0.39, 0.29) is 17.7 Å². The summed E-state index contributed by atoms with van der Waals surface area (Å²) in [4.78, 5) is 14.4. The Morgan fingerprint density at radius 2 is 2.32 bits per heavy atom. The second-order valence-corrected chi connectivity index (χ2v) is 4.99. The van der Waals surface area contributed by atoms with Crippen LogP contribution in [0.15, 0.2) is 24.3 Å². The highest BCUT2D eigenvalue weighted by atomic mass is 16.5. The number of methoxy groups -OCH3 is 1. The molecule has 1 aromatic rings. The van der Waals surface area contributed by atoms with E-state index >= 15 is 0 Å². The molecule has 5 nitrogen and oxygen atoms in total. The van der Waals surface area contributed by atoms with Crippen LogP contribution in [-0.2, 0) is 0 Å². The fraction of sp³-hybridized carbons (Fsp3) is 0.357. The molecule has 1 amide bonds. The summed E-state index contributed by atoms with van der Waals surface area (Å²) in [6.07, 6.45) is 0.829. The molecule has 0 saturated carbocycles. The van der Waals surface area contributed by atoms with Crippen LogP contribution in [0.5, 0.6) is 11.5 Å². The molecule has 1 aromatic carbocycles. The highest BCUT2D eigenvalue weighted by molar-refractivity contribution is 6.01. The smallest absolute Gasteiger partial charge is 0.256 e. The number of phenolic OH excluding ortho intramolecular Hbond substituents is 1. The number of ether oxygens (including phenoxy) is 1. The zero-order valence-corrected chi connectivity index (χ0v) is 10.8. The van der Waals surface area contributed by atoms with Gasteiger partial charge in [0.25, 0.3) is 5.91 Å². The predicted molar refractivity (Wildman–Crippen MR) is 71.7 cm³/mol. The Morgan fingerprint density at radius 1 is 1.53 bits per heavy atom. The van der Waals surface area contributed by atoms with Gasteiger partial charge in [-0.1, -0.05) is 12.2 Å². The molecule has 1 fully saturated rings. The van der Waals surface area contributed by atoms with Gasteiger partial charge >= 0.3 is 0 Å². The lowest BCUT2D eigenvalue weighted by Crippen LogP contribution is -2.36. The second kappa shape index (κ2) is 4.19. The van der Waals surface area contributed by atoms with Crippen LogP contribution in [0.3, 0.4) is 0 Å². The number of aromatic hydroxyl groups is 1. The third kappa shape index (κ3) is 1.82. The molecular formula is C14H16N2O3. The number of amides is 1. The van der Waals surface area contributed by atoms with Crippen molar-refractivity contribution in [2.75, 3.05) is 25.5 Å². The van der Waals surface area contributed by atoms with Gasteiger partial charge in [0.15, 0.2) is 11.5 Å². The van der Waals surface area contributed by atoms with Crippen molar-refractivity contribution >= 4 is 11.6 Å². The van der Waals surface area contributed by atoms with Crippen molar-refractivity contribution in [3.8, 4) is 11.5 Å². The minimum absolute atomic E-state index is 0.0352. The van der Waals surface area contributed by atoms with E-state index in [2.05, 4.69) is 11.9 Å². The summed E-state index contributed by atoms with van der Waals surface area (Å²) in [6, 6.07) is 3.27.